The van der Waals surface area contributed by atoms with E-state index in [9.17, 15) is 0 Å². The normalized spacial score (nSPS) is 10.6. The standard InChI is InChI=1S/C22H22N2O/c1-15-12-21(14-24-22(15)17(3)23-11-10-16(2)25)20-9-8-18-6-4-5-7-19(18)13-20/h4-9,12-14,23,25H,2-3,10-11H2,1H3. The van der Waals surface area contributed by atoms with Crippen LogP contribution in [0.5, 0.6) is 0 Å². The van der Waals surface area contributed by atoms with E-state index in [1.165, 1.54) is 10.8 Å². The number of hydrogen-bond acceptors (Lipinski definition) is 3. The van der Waals surface area contributed by atoms with Crippen molar-refractivity contribution in [3.63, 3.8) is 0 Å². The maximum Gasteiger partial charge on any atom is 0.0884 e. The van der Waals surface area contributed by atoms with Crippen molar-refractivity contribution in [2.45, 2.75) is 13.3 Å². The van der Waals surface area contributed by atoms with Gasteiger partial charge in [-0.15, -0.1) is 0 Å². The van der Waals surface area contributed by atoms with Crippen LogP contribution in [0.3, 0.4) is 0 Å². The maximum atomic E-state index is 9.15. The highest BCUT2D eigenvalue weighted by Gasteiger charge is 2.07. The molecule has 0 saturated carbocycles. The van der Waals surface area contributed by atoms with E-state index >= 15 is 0 Å². The van der Waals surface area contributed by atoms with E-state index in [1.807, 2.05) is 19.2 Å². The molecule has 0 aliphatic heterocycles. The van der Waals surface area contributed by atoms with E-state index in [0.29, 0.717) is 13.0 Å². The predicted octanol–water partition coefficient (Wildman–Crippen LogP) is 5.23. The Hall–Kier alpha value is -3.07. The van der Waals surface area contributed by atoms with Crippen molar-refractivity contribution in [1.29, 1.82) is 0 Å². The van der Waals surface area contributed by atoms with Gasteiger partial charge in [0.15, 0.2) is 0 Å². The lowest BCUT2D eigenvalue weighted by Gasteiger charge is -2.12. The van der Waals surface area contributed by atoms with Crippen LogP contribution in [0, 0.1) is 6.92 Å². The van der Waals surface area contributed by atoms with Gasteiger partial charge in [0.05, 0.1) is 17.2 Å². The van der Waals surface area contributed by atoms with E-state index in [4.69, 9.17) is 5.11 Å². The molecule has 126 valence electrons. The van der Waals surface area contributed by atoms with Gasteiger partial charge in [0.2, 0.25) is 0 Å². The van der Waals surface area contributed by atoms with Gasteiger partial charge in [-0.3, -0.25) is 4.98 Å². The predicted molar refractivity (Wildman–Crippen MR) is 105 cm³/mol. The van der Waals surface area contributed by atoms with Crippen LogP contribution in [0.25, 0.3) is 27.6 Å². The SMILES string of the molecule is C=C(O)CCNC(=C)c1ncc(-c2ccc3ccccc3c2)cc1C. The van der Waals surface area contributed by atoms with E-state index < -0.39 is 0 Å². The molecule has 0 spiro atoms. The summed E-state index contributed by atoms with van der Waals surface area (Å²) in [6.07, 6.45) is 2.37. The van der Waals surface area contributed by atoms with Crippen LogP contribution >= 0.6 is 0 Å². The summed E-state index contributed by atoms with van der Waals surface area (Å²) < 4.78 is 0. The second kappa shape index (κ2) is 7.22. The van der Waals surface area contributed by atoms with Crippen LogP contribution in [0.2, 0.25) is 0 Å². The van der Waals surface area contributed by atoms with Crippen LogP contribution in [0.1, 0.15) is 17.7 Å². The molecule has 3 rings (SSSR count). The molecule has 0 bridgehead atoms. The molecule has 3 aromatic rings. The molecule has 2 N–H and O–H groups in total. The van der Waals surface area contributed by atoms with Crippen LogP contribution < -0.4 is 5.32 Å². The first kappa shape index (κ1) is 16.8. The minimum Gasteiger partial charge on any atom is -0.513 e. The molecule has 0 atom stereocenters. The number of nitrogens with zero attached hydrogens (tertiary/aromatic N) is 1. The van der Waals surface area contributed by atoms with Crippen molar-refractivity contribution in [1.82, 2.24) is 10.3 Å². The Bertz CT molecular complexity index is 944. The van der Waals surface area contributed by atoms with Gasteiger partial charge in [-0.1, -0.05) is 49.6 Å². The average Bonchev–Trinajstić information content (AvgIpc) is 2.60. The summed E-state index contributed by atoms with van der Waals surface area (Å²) in [7, 11) is 0. The van der Waals surface area contributed by atoms with Gasteiger partial charge in [-0.2, -0.15) is 0 Å². The second-order valence-electron chi connectivity index (χ2n) is 6.17. The van der Waals surface area contributed by atoms with Gasteiger partial charge >= 0.3 is 0 Å². The average molecular weight is 330 g/mol. The van der Waals surface area contributed by atoms with Gasteiger partial charge in [0.1, 0.15) is 0 Å². The number of fused-ring (bicyclic) bond motifs is 1. The van der Waals surface area contributed by atoms with E-state index in [1.54, 1.807) is 0 Å². The molecule has 0 aliphatic rings. The fraction of sp³-hybridized carbons (Fsp3) is 0.136. The van der Waals surface area contributed by atoms with Crippen LogP contribution in [-0.2, 0) is 0 Å². The lowest BCUT2D eigenvalue weighted by molar-refractivity contribution is 0.391. The zero-order valence-electron chi connectivity index (χ0n) is 14.4. The van der Waals surface area contributed by atoms with Crippen LogP contribution in [0.15, 0.2) is 73.6 Å². The number of pyridine rings is 1. The molecule has 0 saturated heterocycles. The zero-order chi connectivity index (χ0) is 17.8. The molecule has 0 aliphatic carbocycles. The fourth-order valence-electron chi connectivity index (χ4n) is 2.86. The van der Waals surface area contributed by atoms with Crippen molar-refractivity contribution in [3.8, 4) is 11.1 Å². The third-order valence-electron chi connectivity index (χ3n) is 4.20. The van der Waals surface area contributed by atoms with Crippen molar-refractivity contribution < 1.29 is 5.11 Å². The topological polar surface area (TPSA) is 45.1 Å². The molecule has 3 nitrogen and oxygen atoms in total. The van der Waals surface area contributed by atoms with Crippen molar-refractivity contribution >= 4 is 16.5 Å². The summed E-state index contributed by atoms with van der Waals surface area (Å²) in [5, 5.41) is 14.8. The molecule has 0 amide bonds. The first-order valence-corrected chi connectivity index (χ1v) is 8.30. The Morgan fingerprint density at radius 1 is 1.04 bits per heavy atom. The minimum absolute atomic E-state index is 0.164. The Morgan fingerprint density at radius 2 is 1.80 bits per heavy atom. The maximum absolute atomic E-state index is 9.15. The second-order valence-corrected chi connectivity index (χ2v) is 6.17. The van der Waals surface area contributed by atoms with Gasteiger partial charge in [-0.25, -0.2) is 0 Å². The quantitative estimate of drug-likeness (QED) is 0.608. The number of aliphatic hydroxyl groups excluding tert-OH is 1. The van der Waals surface area contributed by atoms with Crippen molar-refractivity contribution in [2.75, 3.05) is 6.54 Å². The van der Waals surface area contributed by atoms with Crippen LogP contribution in [-0.4, -0.2) is 16.6 Å². The summed E-state index contributed by atoms with van der Waals surface area (Å²) in [4.78, 5) is 4.59. The van der Waals surface area contributed by atoms with Gasteiger partial charge in [0.25, 0.3) is 0 Å². The van der Waals surface area contributed by atoms with Gasteiger partial charge in [-0.05, 0) is 41.0 Å². The first-order valence-electron chi connectivity index (χ1n) is 8.30. The zero-order valence-corrected chi connectivity index (χ0v) is 14.4. The smallest absolute Gasteiger partial charge is 0.0884 e. The summed E-state index contributed by atoms with van der Waals surface area (Å²) in [6.45, 7) is 10.1. The highest BCUT2D eigenvalue weighted by atomic mass is 16.3. The molecule has 0 fully saturated rings. The fourth-order valence-corrected chi connectivity index (χ4v) is 2.86. The number of aryl methyl sites for hydroxylation is 1. The molecule has 1 aromatic heterocycles. The Morgan fingerprint density at radius 3 is 2.52 bits per heavy atom. The molecule has 0 unspecified atom stereocenters. The number of hydrogen-bond donors (Lipinski definition) is 2. The third-order valence-corrected chi connectivity index (χ3v) is 4.20. The largest absolute Gasteiger partial charge is 0.513 e. The number of aliphatic hydroxyl groups is 1. The van der Waals surface area contributed by atoms with E-state index in [-0.39, 0.29) is 5.76 Å². The summed E-state index contributed by atoms with van der Waals surface area (Å²) in [5.41, 5.74) is 4.89. The molecule has 2 aromatic carbocycles. The minimum atomic E-state index is 0.164. The molecule has 3 heteroatoms. The van der Waals surface area contributed by atoms with Crippen molar-refractivity contribution in [2.24, 2.45) is 0 Å². The van der Waals surface area contributed by atoms with E-state index in [2.05, 4.69) is 65.9 Å². The number of benzene rings is 2. The molecular formula is C22H22N2O. The highest BCUT2D eigenvalue weighted by Crippen LogP contribution is 2.26. The summed E-state index contributed by atoms with van der Waals surface area (Å²) in [6, 6.07) is 16.9. The Balaban J connectivity index is 1.83. The lowest BCUT2D eigenvalue weighted by Crippen LogP contribution is -2.15. The molecule has 1 heterocycles. The van der Waals surface area contributed by atoms with Gasteiger partial charge < -0.3 is 10.4 Å². The Labute approximate surface area is 148 Å². The monoisotopic (exact) mass is 330 g/mol. The number of nitrogens with one attached hydrogen (secondary N) is 1. The lowest BCUT2D eigenvalue weighted by atomic mass is 10.0. The van der Waals surface area contributed by atoms with E-state index in [0.717, 1.165) is 28.1 Å². The third kappa shape index (κ3) is 3.89. The summed E-state index contributed by atoms with van der Waals surface area (Å²) in [5.74, 6) is 0.164. The van der Waals surface area contributed by atoms with Gasteiger partial charge in [0, 0.05) is 24.7 Å². The highest BCUT2D eigenvalue weighted by molar-refractivity contribution is 5.87. The number of aromatic nitrogens is 1. The van der Waals surface area contributed by atoms with Crippen LogP contribution in [0.4, 0.5) is 0 Å². The molecular weight excluding hydrogens is 308 g/mol. The molecule has 0 radical (unpaired) electrons. The molecule has 25 heavy (non-hydrogen) atoms. The van der Waals surface area contributed by atoms with Crippen molar-refractivity contribution in [3.05, 3.63) is 84.9 Å². The Kier molecular flexibility index (Phi) is 4.85. The summed E-state index contributed by atoms with van der Waals surface area (Å²) >= 11 is 0. The number of rotatable bonds is 6. The first-order chi connectivity index (χ1) is 12.0.